The molecule has 3 nitrogen and oxygen atoms in total. The molecule has 1 saturated carbocycles. The Morgan fingerprint density at radius 2 is 1.78 bits per heavy atom. The van der Waals surface area contributed by atoms with Gasteiger partial charge in [-0.2, -0.15) is 0 Å². The number of sulfone groups is 1. The molecular formula is C14H18O3S. The zero-order chi connectivity index (χ0) is 13.3. The van der Waals surface area contributed by atoms with E-state index in [0.29, 0.717) is 10.5 Å². The number of Topliss-reactive ketones (excluding diaryl/α,β-unsaturated/α-hetero) is 1. The first kappa shape index (κ1) is 13.3. The first-order valence-electron chi connectivity index (χ1n) is 6.27. The van der Waals surface area contributed by atoms with Crippen molar-refractivity contribution in [3.05, 3.63) is 29.8 Å². The van der Waals surface area contributed by atoms with E-state index in [1.165, 1.54) is 0 Å². The Labute approximate surface area is 108 Å². The van der Waals surface area contributed by atoms with Crippen LogP contribution in [-0.2, 0) is 9.84 Å². The molecule has 0 radical (unpaired) electrons. The number of benzene rings is 1. The fourth-order valence-electron chi connectivity index (χ4n) is 1.94. The van der Waals surface area contributed by atoms with Gasteiger partial charge in [-0.15, -0.1) is 0 Å². The standard InChI is InChI=1S/C14H18O3S/c1-10(2)9-18(16,17)13-7-5-12(6-8-13)14(15)11-3-4-11/h5-8,10-11H,3-4,9H2,1-2H3. The molecule has 0 heterocycles. The van der Waals surface area contributed by atoms with Crippen molar-refractivity contribution >= 4 is 15.6 Å². The SMILES string of the molecule is CC(C)CS(=O)(=O)c1ccc(C(=O)C2CC2)cc1. The number of carbonyl (C=O) groups excluding carboxylic acids is 1. The van der Waals surface area contributed by atoms with Gasteiger partial charge in [-0.3, -0.25) is 4.79 Å². The van der Waals surface area contributed by atoms with Crippen LogP contribution in [0.15, 0.2) is 29.2 Å². The number of carbonyl (C=O) groups is 1. The minimum absolute atomic E-state index is 0.0998. The summed E-state index contributed by atoms with van der Waals surface area (Å²) in [5.74, 6) is 0.553. The zero-order valence-corrected chi connectivity index (χ0v) is 11.5. The molecule has 0 N–H and O–H groups in total. The maximum absolute atomic E-state index is 12.0. The van der Waals surface area contributed by atoms with Crippen LogP contribution in [0.25, 0.3) is 0 Å². The van der Waals surface area contributed by atoms with Crippen molar-refractivity contribution in [3.8, 4) is 0 Å². The monoisotopic (exact) mass is 266 g/mol. The lowest BCUT2D eigenvalue weighted by Gasteiger charge is -2.07. The van der Waals surface area contributed by atoms with Gasteiger partial charge in [0, 0.05) is 11.5 Å². The Morgan fingerprint density at radius 3 is 2.22 bits per heavy atom. The summed E-state index contributed by atoms with van der Waals surface area (Å²) in [5.41, 5.74) is 0.626. The molecule has 18 heavy (non-hydrogen) atoms. The highest BCUT2D eigenvalue weighted by molar-refractivity contribution is 7.91. The minimum atomic E-state index is -3.22. The van der Waals surface area contributed by atoms with Gasteiger partial charge >= 0.3 is 0 Å². The first-order valence-corrected chi connectivity index (χ1v) is 7.92. The largest absolute Gasteiger partial charge is 0.294 e. The Morgan fingerprint density at radius 1 is 1.22 bits per heavy atom. The highest BCUT2D eigenvalue weighted by Gasteiger charge is 2.30. The Balaban J connectivity index is 2.19. The highest BCUT2D eigenvalue weighted by atomic mass is 32.2. The molecule has 0 aliphatic heterocycles. The molecule has 1 aliphatic rings. The smallest absolute Gasteiger partial charge is 0.178 e. The van der Waals surface area contributed by atoms with E-state index in [1.54, 1.807) is 24.3 Å². The first-order chi connectivity index (χ1) is 8.40. The van der Waals surface area contributed by atoms with Crippen LogP contribution in [0.1, 0.15) is 37.0 Å². The lowest BCUT2D eigenvalue weighted by molar-refractivity contribution is 0.0967. The lowest BCUT2D eigenvalue weighted by Crippen LogP contribution is -2.12. The van der Waals surface area contributed by atoms with Crippen LogP contribution >= 0.6 is 0 Å². The van der Waals surface area contributed by atoms with Gasteiger partial charge in [0.05, 0.1) is 10.6 Å². The topological polar surface area (TPSA) is 51.2 Å². The van der Waals surface area contributed by atoms with Gasteiger partial charge in [0.2, 0.25) is 0 Å². The second-order valence-corrected chi connectivity index (χ2v) is 7.37. The second-order valence-electron chi connectivity index (χ2n) is 5.34. The molecule has 1 aliphatic carbocycles. The van der Waals surface area contributed by atoms with Gasteiger partial charge in [-0.25, -0.2) is 8.42 Å². The number of ketones is 1. The fourth-order valence-corrected chi connectivity index (χ4v) is 3.56. The van der Waals surface area contributed by atoms with E-state index >= 15 is 0 Å². The summed E-state index contributed by atoms with van der Waals surface area (Å²) in [7, 11) is -3.22. The third-order valence-corrected chi connectivity index (χ3v) is 5.09. The van der Waals surface area contributed by atoms with Gasteiger partial charge in [-0.05, 0) is 30.9 Å². The van der Waals surface area contributed by atoms with Crippen molar-refractivity contribution in [3.63, 3.8) is 0 Å². The molecule has 0 spiro atoms. The van der Waals surface area contributed by atoms with Gasteiger partial charge < -0.3 is 0 Å². The molecule has 1 fully saturated rings. The predicted molar refractivity (Wildman–Crippen MR) is 70.4 cm³/mol. The predicted octanol–water partition coefficient (Wildman–Crippen LogP) is 2.71. The van der Waals surface area contributed by atoms with Crippen LogP contribution in [0.3, 0.4) is 0 Å². The van der Waals surface area contributed by atoms with E-state index in [9.17, 15) is 13.2 Å². The van der Waals surface area contributed by atoms with E-state index in [1.807, 2.05) is 13.8 Å². The van der Waals surface area contributed by atoms with Crippen LogP contribution in [0.2, 0.25) is 0 Å². The molecule has 1 aromatic carbocycles. The third kappa shape index (κ3) is 2.99. The summed E-state index contributed by atoms with van der Waals surface area (Å²) >= 11 is 0. The fraction of sp³-hybridized carbons (Fsp3) is 0.500. The second kappa shape index (κ2) is 4.84. The van der Waals surface area contributed by atoms with E-state index in [0.717, 1.165) is 12.8 Å². The molecule has 0 bridgehead atoms. The molecular weight excluding hydrogens is 248 g/mol. The average Bonchev–Trinajstić information content (AvgIpc) is 3.10. The molecule has 98 valence electrons. The van der Waals surface area contributed by atoms with Crippen LogP contribution < -0.4 is 0 Å². The van der Waals surface area contributed by atoms with Crippen LogP contribution in [-0.4, -0.2) is 20.0 Å². The van der Waals surface area contributed by atoms with Gasteiger partial charge in [0.25, 0.3) is 0 Å². The Kier molecular flexibility index (Phi) is 3.57. The molecule has 0 unspecified atom stereocenters. The van der Waals surface area contributed by atoms with Gasteiger partial charge in [0.1, 0.15) is 0 Å². The van der Waals surface area contributed by atoms with Crippen LogP contribution in [0, 0.1) is 11.8 Å². The Hall–Kier alpha value is -1.16. The number of rotatable bonds is 5. The zero-order valence-electron chi connectivity index (χ0n) is 10.7. The van der Waals surface area contributed by atoms with Crippen molar-refractivity contribution in [1.82, 2.24) is 0 Å². The molecule has 0 saturated heterocycles. The molecule has 2 rings (SSSR count). The summed E-state index contributed by atoms with van der Waals surface area (Å²) in [6.07, 6.45) is 1.93. The van der Waals surface area contributed by atoms with Crippen LogP contribution in [0.5, 0.6) is 0 Å². The highest BCUT2D eigenvalue weighted by Crippen LogP contribution is 2.32. The maximum atomic E-state index is 12.0. The number of hydrogen-bond donors (Lipinski definition) is 0. The summed E-state index contributed by atoms with van der Waals surface area (Å²) in [5, 5.41) is 0. The third-order valence-electron chi connectivity index (χ3n) is 3.00. The quantitative estimate of drug-likeness (QED) is 0.770. The van der Waals surface area contributed by atoms with Crippen molar-refractivity contribution in [1.29, 1.82) is 0 Å². The Bertz CT molecular complexity index is 537. The molecule has 0 amide bonds. The van der Waals surface area contributed by atoms with Crippen molar-refractivity contribution in [2.24, 2.45) is 11.8 Å². The summed E-state index contributed by atoms with van der Waals surface area (Å²) in [6, 6.07) is 6.36. The molecule has 1 aromatic rings. The normalized spacial score (nSPS) is 15.9. The van der Waals surface area contributed by atoms with Gasteiger partial charge in [-0.1, -0.05) is 26.0 Å². The molecule has 0 aromatic heterocycles. The molecule has 0 atom stereocenters. The summed E-state index contributed by atoms with van der Waals surface area (Å²) < 4.78 is 24.0. The van der Waals surface area contributed by atoms with Crippen molar-refractivity contribution in [2.45, 2.75) is 31.6 Å². The van der Waals surface area contributed by atoms with E-state index in [4.69, 9.17) is 0 Å². The van der Waals surface area contributed by atoms with E-state index in [-0.39, 0.29) is 23.4 Å². The van der Waals surface area contributed by atoms with Crippen molar-refractivity contribution < 1.29 is 13.2 Å². The summed E-state index contributed by atoms with van der Waals surface area (Å²) in [6.45, 7) is 3.76. The van der Waals surface area contributed by atoms with Crippen LogP contribution in [0.4, 0.5) is 0 Å². The minimum Gasteiger partial charge on any atom is -0.294 e. The summed E-state index contributed by atoms with van der Waals surface area (Å²) in [4.78, 5) is 12.1. The average molecular weight is 266 g/mol. The van der Waals surface area contributed by atoms with E-state index < -0.39 is 9.84 Å². The maximum Gasteiger partial charge on any atom is 0.178 e. The number of hydrogen-bond acceptors (Lipinski definition) is 3. The van der Waals surface area contributed by atoms with Crippen molar-refractivity contribution in [2.75, 3.05) is 5.75 Å². The van der Waals surface area contributed by atoms with Gasteiger partial charge in [0.15, 0.2) is 15.6 Å². The van der Waals surface area contributed by atoms with E-state index in [2.05, 4.69) is 0 Å². The lowest BCUT2D eigenvalue weighted by atomic mass is 10.1. The molecule has 4 heteroatoms.